The quantitative estimate of drug-likeness (QED) is 0.884. The molecule has 1 N–H and O–H groups in total. The van der Waals surface area contributed by atoms with E-state index in [0.29, 0.717) is 12.2 Å². The molecule has 0 saturated carbocycles. The van der Waals surface area contributed by atoms with E-state index in [9.17, 15) is 9.59 Å². The maximum absolute atomic E-state index is 12.6. The molecule has 2 amide bonds. The molecule has 0 aliphatic carbocycles. The van der Waals surface area contributed by atoms with Crippen molar-refractivity contribution < 1.29 is 9.59 Å². The Morgan fingerprint density at radius 2 is 1.64 bits per heavy atom. The Labute approximate surface area is 129 Å². The number of nitrogens with one attached hydrogen (secondary N) is 1. The van der Waals surface area contributed by atoms with Gasteiger partial charge in [-0.05, 0) is 17.7 Å². The summed E-state index contributed by atoms with van der Waals surface area (Å²) in [5.41, 5.74) is 1.73. The zero-order chi connectivity index (χ0) is 15.5. The van der Waals surface area contributed by atoms with Gasteiger partial charge in [0.25, 0.3) is 0 Å². The summed E-state index contributed by atoms with van der Waals surface area (Å²) >= 11 is 0. The summed E-state index contributed by atoms with van der Waals surface area (Å²) in [6.45, 7) is 0.565. The van der Waals surface area contributed by atoms with Gasteiger partial charge >= 0.3 is 0 Å². The Morgan fingerprint density at radius 1 is 1.05 bits per heavy atom. The number of carbonyl (C=O) groups excluding carboxylic acids is 2. The van der Waals surface area contributed by atoms with Gasteiger partial charge < -0.3 is 10.2 Å². The van der Waals surface area contributed by atoms with Crippen molar-refractivity contribution >= 4 is 17.5 Å². The van der Waals surface area contributed by atoms with Gasteiger partial charge in [-0.15, -0.1) is 0 Å². The number of rotatable bonds is 3. The first-order chi connectivity index (χ1) is 10.7. The molecule has 1 heterocycles. The highest BCUT2D eigenvalue weighted by Crippen LogP contribution is 2.33. The molecule has 0 spiro atoms. The fourth-order valence-electron chi connectivity index (χ4n) is 2.93. The third-order valence-corrected chi connectivity index (χ3v) is 4.07. The molecular weight excluding hydrogens is 276 g/mol. The second-order valence-corrected chi connectivity index (χ2v) is 5.57. The van der Waals surface area contributed by atoms with Crippen LogP contribution < -0.4 is 5.32 Å². The van der Waals surface area contributed by atoms with Gasteiger partial charge in [-0.2, -0.15) is 0 Å². The average molecular weight is 294 g/mol. The molecule has 1 aliphatic rings. The zero-order valence-corrected chi connectivity index (χ0v) is 12.4. The van der Waals surface area contributed by atoms with Crippen LogP contribution in [-0.4, -0.2) is 30.3 Å². The van der Waals surface area contributed by atoms with E-state index in [4.69, 9.17) is 0 Å². The van der Waals surface area contributed by atoms with Crippen LogP contribution in [0.3, 0.4) is 0 Å². The molecule has 2 aromatic carbocycles. The molecule has 112 valence electrons. The Hall–Kier alpha value is -2.62. The van der Waals surface area contributed by atoms with Crippen molar-refractivity contribution in [3.8, 4) is 0 Å². The van der Waals surface area contributed by atoms with E-state index >= 15 is 0 Å². The highest BCUT2D eigenvalue weighted by molar-refractivity contribution is 6.08. The predicted octanol–water partition coefficient (Wildman–Crippen LogP) is 2.50. The topological polar surface area (TPSA) is 49.4 Å². The van der Waals surface area contributed by atoms with Crippen molar-refractivity contribution in [2.24, 2.45) is 5.92 Å². The molecule has 1 saturated heterocycles. The molecule has 2 aromatic rings. The molecule has 1 aliphatic heterocycles. The lowest BCUT2D eigenvalue weighted by atomic mass is 9.88. The van der Waals surface area contributed by atoms with E-state index in [1.54, 1.807) is 11.9 Å². The number of para-hydroxylation sites is 1. The Morgan fingerprint density at radius 3 is 2.27 bits per heavy atom. The van der Waals surface area contributed by atoms with Crippen molar-refractivity contribution in [1.82, 2.24) is 4.90 Å². The van der Waals surface area contributed by atoms with Crippen LogP contribution >= 0.6 is 0 Å². The number of nitrogens with zero attached hydrogens (tertiary/aromatic N) is 1. The highest BCUT2D eigenvalue weighted by Gasteiger charge is 2.44. The predicted molar refractivity (Wildman–Crippen MR) is 85.4 cm³/mol. The monoisotopic (exact) mass is 294 g/mol. The lowest BCUT2D eigenvalue weighted by molar-refractivity contribution is -0.135. The SMILES string of the molecule is CN1CC(c2ccccc2)C(C(=O)Nc2ccccc2)C1=O. The Bertz CT molecular complexity index is 670. The second kappa shape index (κ2) is 6.02. The first-order valence-electron chi connectivity index (χ1n) is 7.32. The smallest absolute Gasteiger partial charge is 0.237 e. The van der Waals surface area contributed by atoms with Crippen LogP contribution in [0.2, 0.25) is 0 Å². The minimum atomic E-state index is -0.674. The lowest BCUT2D eigenvalue weighted by Crippen LogP contribution is -2.32. The first-order valence-corrected chi connectivity index (χ1v) is 7.32. The Balaban J connectivity index is 1.85. The summed E-state index contributed by atoms with van der Waals surface area (Å²) < 4.78 is 0. The molecular formula is C18H18N2O2. The molecule has 2 unspecified atom stereocenters. The fourth-order valence-corrected chi connectivity index (χ4v) is 2.93. The summed E-state index contributed by atoms with van der Waals surface area (Å²) in [5, 5.41) is 2.85. The molecule has 1 fully saturated rings. The van der Waals surface area contributed by atoms with Gasteiger partial charge in [0.15, 0.2) is 0 Å². The molecule has 4 nitrogen and oxygen atoms in total. The number of benzene rings is 2. The number of hydrogen-bond donors (Lipinski definition) is 1. The van der Waals surface area contributed by atoms with Crippen molar-refractivity contribution in [1.29, 1.82) is 0 Å². The maximum Gasteiger partial charge on any atom is 0.237 e. The summed E-state index contributed by atoms with van der Waals surface area (Å²) in [4.78, 5) is 26.6. The first kappa shape index (κ1) is 14.3. The molecule has 0 bridgehead atoms. The van der Waals surface area contributed by atoms with Gasteiger partial charge in [0, 0.05) is 25.2 Å². The van der Waals surface area contributed by atoms with Gasteiger partial charge in [0.1, 0.15) is 5.92 Å². The number of amides is 2. The number of likely N-dealkylation sites (N-methyl/N-ethyl adjacent to an activating group) is 1. The minimum Gasteiger partial charge on any atom is -0.344 e. The van der Waals surface area contributed by atoms with Crippen molar-refractivity contribution in [2.45, 2.75) is 5.92 Å². The molecule has 0 radical (unpaired) electrons. The van der Waals surface area contributed by atoms with Crippen LogP contribution in [0.5, 0.6) is 0 Å². The fraction of sp³-hybridized carbons (Fsp3) is 0.222. The molecule has 2 atom stereocenters. The average Bonchev–Trinajstić information content (AvgIpc) is 2.85. The second-order valence-electron chi connectivity index (χ2n) is 5.57. The normalized spacial score (nSPS) is 21.0. The van der Waals surface area contributed by atoms with E-state index in [1.165, 1.54) is 0 Å². The van der Waals surface area contributed by atoms with E-state index in [-0.39, 0.29) is 17.7 Å². The van der Waals surface area contributed by atoms with Crippen molar-refractivity contribution in [3.63, 3.8) is 0 Å². The van der Waals surface area contributed by atoms with Gasteiger partial charge in [0.2, 0.25) is 11.8 Å². The van der Waals surface area contributed by atoms with Crippen LogP contribution in [0.15, 0.2) is 60.7 Å². The standard InChI is InChI=1S/C18H18N2O2/c1-20-12-15(13-8-4-2-5-9-13)16(18(20)22)17(21)19-14-10-6-3-7-11-14/h2-11,15-16H,12H2,1H3,(H,19,21). The van der Waals surface area contributed by atoms with Crippen LogP contribution in [0.1, 0.15) is 11.5 Å². The van der Waals surface area contributed by atoms with Crippen molar-refractivity contribution in [2.75, 3.05) is 18.9 Å². The summed E-state index contributed by atoms with van der Waals surface area (Å²) in [6, 6.07) is 19.0. The Kier molecular flexibility index (Phi) is 3.92. The van der Waals surface area contributed by atoms with E-state index in [0.717, 1.165) is 5.56 Å². The molecule has 3 rings (SSSR count). The van der Waals surface area contributed by atoms with E-state index < -0.39 is 5.92 Å². The van der Waals surface area contributed by atoms with Gasteiger partial charge in [-0.3, -0.25) is 9.59 Å². The number of likely N-dealkylation sites (tertiary alicyclic amines) is 1. The number of carbonyl (C=O) groups is 2. The van der Waals surface area contributed by atoms with Crippen LogP contribution in [0.4, 0.5) is 5.69 Å². The van der Waals surface area contributed by atoms with E-state index in [1.807, 2.05) is 60.7 Å². The number of hydrogen-bond acceptors (Lipinski definition) is 2. The van der Waals surface area contributed by atoms with Crippen LogP contribution in [-0.2, 0) is 9.59 Å². The summed E-state index contributed by atoms with van der Waals surface area (Å²) in [5.74, 6) is -1.15. The summed E-state index contributed by atoms with van der Waals surface area (Å²) in [7, 11) is 1.74. The third-order valence-electron chi connectivity index (χ3n) is 4.07. The van der Waals surface area contributed by atoms with E-state index in [2.05, 4.69) is 5.32 Å². The van der Waals surface area contributed by atoms with Crippen LogP contribution in [0, 0.1) is 5.92 Å². The molecule has 22 heavy (non-hydrogen) atoms. The zero-order valence-electron chi connectivity index (χ0n) is 12.4. The maximum atomic E-state index is 12.6. The largest absolute Gasteiger partial charge is 0.344 e. The number of anilines is 1. The minimum absolute atomic E-state index is 0.109. The summed E-state index contributed by atoms with van der Waals surface area (Å²) in [6.07, 6.45) is 0. The highest BCUT2D eigenvalue weighted by atomic mass is 16.2. The molecule has 0 aromatic heterocycles. The van der Waals surface area contributed by atoms with Gasteiger partial charge in [-0.1, -0.05) is 48.5 Å². The molecule has 4 heteroatoms. The third kappa shape index (κ3) is 2.72. The van der Waals surface area contributed by atoms with Crippen molar-refractivity contribution in [3.05, 3.63) is 66.2 Å². The van der Waals surface area contributed by atoms with Gasteiger partial charge in [-0.25, -0.2) is 0 Å². The van der Waals surface area contributed by atoms with Crippen LogP contribution in [0.25, 0.3) is 0 Å². The lowest BCUT2D eigenvalue weighted by Gasteiger charge is -2.16. The van der Waals surface area contributed by atoms with Gasteiger partial charge in [0.05, 0.1) is 0 Å².